The molecule has 2 aromatic rings. The van der Waals surface area contributed by atoms with Crippen LogP contribution in [0.5, 0.6) is 0 Å². The van der Waals surface area contributed by atoms with E-state index in [4.69, 9.17) is 17.3 Å². The molecule has 190 valence electrons. The SMILES string of the molecule is NC(CNC(=O)C1(c2ccc(F)cc2Cl)CC1)C1C2CC3CC1CC(C(=O)Nc1ccncc1)(C3)C2. The first kappa shape index (κ1) is 23.9. The van der Waals surface area contributed by atoms with Crippen LogP contribution in [0, 0.1) is 34.9 Å². The Bertz CT molecular complexity index is 1170. The number of rotatable bonds is 7. The fraction of sp³-hybridized carbons (Fsp3) is 0.536. The monoisotopic (exact) mass is 510 g/mol. The Morgan fingerprint density at radius 2 is 1.78 bits per heavy atom. The Morgan fingerprint density at radius 3 is 2.42 bits per heavy atom. The number of aromatic nitrogens is 1. The van der Waals surface area contributed by atoms with Crippen molar-refractivity contribution in [1.29, 1.82) is 0 Å². The molecule has 6 nitrogen and oxygen atoms in total. The van der Waals surface area contributed by atoms with Gasteiger partial charge < -0.3 is 16.4 Å². The number of anilines is 1. The second kappa shape index (κ2) is 8.80. The van der Waals surface area contributed by atoms with Crippen LogP contribution in [-0.2, 0) is 15.0 Å². The van der Waals surface area contributed by atoms with Crippen molar-refractivity contribution in [3.8, 4) is 0 Å². The molecule has 4 bridgehead atoms. The number of nitrogens with zero attached hydrogens (tertiary/aromatic N) is 1. The number of nitrogens with one attached hydrogen (secondary N) is 2. The summed E-state index contributed by atoms with van der Waals surface area (Å²) in [5.41, 5.74) is 7.22. The number of hydrogen-bond donors (Lipinski definition) is 3. The molecule has 5 aliphatic carbocycles. The topological polar surface area (TPSA) is 97.1 Å². The maximum atomic E-state index is 13.5. The molecule has 36 heavy (non-hydrogen) atoms. The van der Waals surface area contributed by atoms with Crippen LogP contribution in [0.1, 0.15) is 50.5 Å². The highest BCUT2D eigenvalue weighted by Crippen LogP contribution is 2.63. The number of pyridine rings is 1. The smallest absolute Gasteiger partial charge is 0.230 e. The van der Waals surface area contributed by atoms with Gasteiger partial charge in [-0.3, -0.25) is 14.6 Å². The third-order valence-electron chi connectivity index (χ3n) is 9.39. The number of carbonyl (C=O) groups excluding carboxylic acids is 2. The van der Waals surface area contributed by atoms with Gasteiger partial charge in [0.25, 0.3) is 0 Å². The van der Waals surface area contributed by atoms with E-state index in [1.54, 1.807) is 18.5 Å². The van der Waals surface area contributed by atoms with Gasteiger partial charge in [-0.15, -0.1) is 0 Å². The zero-order valence-electron chi connectivity index (χ0n) is 20.2. The maximum absolute atomic E-state index is 13.5. The first-order valence-electron chi connectivity index (χ1n) is 13.0. The van der Waals surface area contributed by atoms with Crippen molar-refractivity contribution >= 4 is 29.1 Å². The third-order valence-corrected chi connectivity index (χ3v) is 9.70. The Morgan fingerprint density at radius 1 is 1.08 bits per heavy atom. The fourth-order valence-electron chi connectivity index (χ4n) is 7.88. The van der Waals surface area contributed by atoms with E-state index < -0.39 is 11.2 Å². The van der Waals surface area contributed by atoms with Crippen molar-refractivity contribution in [1.82, 2.24) is 10.3 Å². The normalized spacial score (nSPS) is 32.1. The molecule has 2 amide bonds. The van der Waals surface area contributed by atoms with Gasteiger partial charge in [0.2, 0.25) is 11.8 Å². The second-order valence-electron chi connectivity index (χ2n) is 11.6. The Hall–Kier alpha value is -2.51. The number of amides is 2. The zero-order chi connectivity index (χ0) is 25.1. The quantitative estimate of drug-likeness (QED) is 0.513. The van der Waals surface area contributed by atoms with Crippen LogP contribution in [0.3, 0.4) is 0 Å². The Kier molecular flexibility index (Phi) is 5.84. The van der Waals surface area contributed by atoms with E-state index in [0.29, 0.717) is 53.6 Å². The van der Waals surface area contributed by atoms with E-state index in [0.717, 1.165) is 37.8 Å². The van der Waals surface area contributed by atoms with Gasteiger partial charge in [-0.05, 0) is 98.4 Å². The van der Waals surface area contributed by atoms with Crippen LogP contribution < -0.4 is 16.4 Å². The van der Waals surface area contributed by atoms with E-state index >= 15 is 0 Å². The van der Waals surface area contributed by atoms with Crippen LogP contribution in [0.2, 0.25) is 5.02 Å². The van der Waals surface area contributed by atoms with Crippen molar-refractivity contribution in [2.24, 2.45) is 34.8 Å². The number of benzene rings is 1. The Labute approximate surface area is 215 Å². The molecular weight excluding hydrogens is 479 g/mol. The average molecular weight is 511 g/mol. The van der Waals surface area contributed by atoms with E-state index in [-0.39, 0.29) is 23.3 Å². The number of carbonyl (C=O) groups is 2. The van der Waals surface area contributed by atoms with E-state index in [1.165, 1.54) is 12.1 Å². The van der Waals surface area contributed by atoms with Gasteiger partial charge in [-0.1, -0.05) is 17.7 Å². The van der Waals surface area contributed by atoms with E-state index in [2.05, 4.69) is 15.6 Å². The molecule has 3 atom stereocenters. The molecule has 3 unspecified atom stereocenters. The molecule has 0 radical (unpaired) electrons. The molecule has 0 spiro atoms. The number of nitrogens with two attached hydrogens (primary N) is 1. The van der Waals surface area contributed by atoms with Crippen molar-refractivity contribution in [3.63, 3.8) is 0 Å². The zero-order valence-corrected chi connectivity index (χ0v) is 20.9. The van der Waals surface area contributed by atoms with Crippen molar-refractivity contribution in [3.05, 3.63) is 59.1 Å². The van der Waals surface area contributed by atoms with Gasteiger partial charge in [-0.25, -0.2) is 4.39 Å². The largest absolute Gasteiger partial charge is 0.354 e. The third kappa shape index (κ3) is 4.01. The predicted octanol–water partition coefficient (Wildman–Crippen LogP) is 4.43. The lowest BCUT2D eigenvalue weighted by Gasteiger charge is -2.60. The van der Waals surface area contributed by atoms with Gasteiger partial charge in [0.15, 0.2) is 0 Å². The molecular formula is C28H32ClFN4O2. The van der Waals surface area contributed by atoms with Crippen LogP contribution >= 0.6 is 11.6 Å². The molecule has 5 fully saturated rings. The minimum absolute atomic E-state index is 0.0801. The lowest BCUT2D eigenvalue weighted by Crippen LogP contribution is -2.60. The first-order chi connectivity index (χ1) is 17.3. The lowest BCUT2D eigenvalue weighted by molar-refractivity contribution is -0.149. The summed E-state index contributed by atoms with van der Waals surface area (Å²) in [7, 11) is 0. The number of hydrogen-bond acceptors (Lipinski definition) is 4. The summed E-state index contributed by atoms with van der Waals surface area (Å²) >= 11 is 6.27. The summed E-state index contributed by atoms with van der Waals surface area (Å²) in [5.74, 6) is 1.30. The first-order valence-corrected chi connectivity index (χ1v) is 13.4. The van der Waals surface area contributed by atoms with Crippen LogP contribution in [0.4, 0.5) is 10.1 Å². The van der Waals surface area contributed by atoms with Crippen molar-refractivity contribution in [2.45, 2.75) is 56.4 Å². The molecule has 5 aliphatic rings. The summed E-state index contributed by atoms with van der Waals surface area (Å²) in [6.07, 6.45) is 9.68. The summed E-state index contributed by atoms with van der Waals surface area (Å²) in [5, 5.41) is 6.52. The lowest BCUT2D eigenvalue weighted by atomic mass is 9.45. The van der Waals surface area contributed by atoms with Crippen molar-refractivity contribution < 1.29 is 14.0 Å². The highest BCUT2D eigenvalue weighted by Gasteiger charge is 2.59. The average Bonchev–Trinajstić information content (AvgIpc) is 3.64. The standard InChI is InChI=1S/C28H32ClFN4O2/c29-22-11-19(30)1-2-21(22)28(5-6-28)26(36)33-15-23(31)24-17-9-16-10-18(24)14-27(12-16,13-17)25(35)34-20-3-7-32-8-4-20/h1-4,7-8,11,16-18,23-24H,5-6,9-10,12-15,31H2,(H,33,36)(H,32,34,35). The highest BCUT2D eigenvalue weighted by molar-refractivity contribution is 6.32. The molecule has 1 aromatic carbocycles. The van der Waals surface area contributed by atoms with E-state index in [9.17, 15) is 14.0 Å². The van der Waals surface area contributed by atoms with Gasteiger partial charge in [0.05, 0.1) is 10.8 Å². The fourth-order valence-corrected chi connectivity index (χ4v) is 8.22. The van der Waals surface area contributed by atoms with Gasteiger partial charge >= 0.3 is 0 Å². The van der Waals surface area contributed by atoms with Crippen LogP contribution in [0.15, 0.2) is 42.7 Å². The van der Waals surface area contributed by atoms with Gasteiger partial charge in [0.1, 0.15) is 5.82 Å². The summed E-state index contributed by atoms with van der Waals surface area (Å²) in [4.78, 5) is 30.6. The molecule has 4 N–H and O–H groups in total. The molecule has 5 saturated carbocycles. The molecule has 0 aliphatic heterocycles. The molecule has 1 heterocycles. The molecule has 7 rings (SSSR count). The Balaban J connectivity index is 1.11. The summed E-state index contributed by atoms with van der Waals surface area (Å²) in [6, 6.07) is 7.74. The molecule has 1 aromatic heterocycles. The van der Waals surface area contributed by atoms with Gasteiger partial charge in [0, 0.05) is 35.7 Å². The minimum atomic E-state index is -0.677. The van der Waals surface area contributed by atoms with Crippen LogP contribution in [0.25, 0.3) is 0 Å². The van der Waals surface area contributed by atoms with E-state index in [1.807, 2.05) is 12.1 Å². The van der Waals surface area contributed by atoms with Crippen LogP contribution in [-0.4, -0.2) is 29.4 Å². The van der Waals surface area contributed by atoms with Gasteiger partial charge in [-0.2, -0.15) is 0 Å². The molecule has 0 saturated heterocycles. The highest BCUT2D eigenvalue weighted by atomic mass is 35.5. The predicted molar refractivity (Wildman–Crippen MR) is 136 cm³/mol. The second-order valence-corrected chi connectivity index (χ2v) is 12.0. The number of halogens is 2. The minimum Gasteiger partial charge on any atom is -0.354 e. The summed E-state index contributed by atoms with van der Waals surface area (Å²) in [6.45, 7) is 0.401. The van der Waals surface area contributed by atoms with Crippen molar-refractivity contribution in [2.75, 3.05) is 11.9 Å². The maximum Gasteiger partial charge on any atom is 0.230 e. The summed E-state index contributed by atoms with van der Waals surface area (Å²) < 4.78 is 13.5. The molecule has 8 heteroatoms.